The second-order valence-electron chi connectivity index (χ2n) is 5.40. The zero-order valence-electron chi connectivity index (χ0n) is 12.1. The van der Waals surface area contributed by atoms with Gasteiger partial charge in [0.1, 0.15) is 17.0 Å². The fraction of sp³-hybridized carbons (Fsp3) is 0.250. The number of rotatable bonds is 2. The normalized spacial score (nSPS) is 13.5. The maximum atomic E-state index is 6.07. The first-order valence-corrected chi connectivity index (χ1v) is 8.76. The van der Waals surface area contributed by atoms with Crippen molar-refractivity contribution in [1.82, 2.24) is 9.97 Å². The summed E-state index contributed by atoms with van der Waals surface area (Å²) in [5, 5.41) is 5.71. The average molecular weight is 387 g/mol. The molecule has 2 heterocycles. The van der Waals surface area contributed by atoms with Gasteiger partial charge < -0.3 is 5.32 Å². The van der Waals surface area contributed by atoms with Crippen molar-refractivity contribution in [2.75, 3.05) is 5.32 Å². The lowest BCUT2D eigenvalue weighted by atomic mass is 9.97. The second kappa shape index (κ2) is 6.81. The van der Waals surface area contributed by atoms with Gasteiger partial charge in [-0.2, -0.15) is 0 Å². The first kappa shape index (κ1) is 16.8. The van der Waals surface area contributed by atoms with Gasteiger partial charge >= 0.3 is 0 Å². The molecule has 0 fully saturated rings. The summed E-state index contributed by atoms with van der Waals surface area (Å²) in [6, 6.07) is 5.41. The third-order valence-electron chi connectivity index (χ3n) is 3.88. The predicted molar refractivity (Wildman–Crippen MR) is 101 cm³/mol. The molecule has 1 aliphatic carbocycles. The Morgan fingerprint density at radius 2 is 1.74 bits per heavy atom. The summed E-state index contributed by atoms with van der Waals surface area (Å²) in [4.78, 5) is 11.4. The van der Waals surface area contributed by atoms with E-state index in [-0.39, 0.29) is 12.4 Å². The van der Waals surface area contributed by atoms with Crippen LogP contribution in [0.15, 0.2) is 24.5 Å². The van der Waals surface area contributed by atoms with E-state index in [9.17, 15) is 0 Å². The number of hydrogen-bond donors (Lipinski definition) is 1. The lowest BCUT2D eigenvalue weighted by Crippen LogP contribution is -2.01. The van der Waals surface area contributed by atoms with E-state index >= 15 is 0 Å². The Bertz CT molecular complexity index is 843. The molecule has 0 spiro atoms. The number of thiophene rings is 1. The Balaban J connectivity index is 0.00000156. The monoisotopic (exact) mass is 385 g/mol. The first-order valence-electron chi connectivity index (χ1n) is 7.19. The number of hydrogen-bond acceptors (Lipinski definition) is 4. The van der Waals surface area contributed by atoms with Crippen molar-refractivity contribution in [1.29, 1.82) is 0 Å². The van der Waals surface area contributed by atoms with Gasteiger partial charge in [-0.05, 0) is 49.4 Å². The Hall–Kier alpha value is -1.07. The summed E-state index contributed by atoms with van der Waals surface area (Å²) in [7, 11) is 0. The molecule has 7 heteroatoms. The summed E-state index contributed by atoms with van der Waals surface area (Å²) in [5.74, 6) is 0.836. The zero-order valence-corrected chi connectivity index (χ0v) is 15.2. The molecule has 2 aromatic heterocycles. The minimum absolute atomic E-state index is 0. The Labute approximate surface area is 154 Å². The molecule has 0 aliphatic heterocycles. The lowest BCUT2D eigenvalue weighted by Gasteiger charge is -2.12. The standard InChI is InChI=1S/C16H13Cl2N3S.ClH/c17-9-5-10(18)7-11(6-9)21-15-14-12-3-1-2-4-13(12)22-16(14)20-8-19-15;/h5-8H,1-4H2,(H,19,20,21);1H. The van der Waals surface area contributed by atoms with Crippen LogP contribution in [-0.2, 0) is 12.8 Å². The molecule has 3 nitrogen and oxygen atoms in total. The molecule has 1 N–H and O–H groups in total. The Morgan fingerprint density at radius 1 is 1.00 bits per heavy atom. The summed E-state index contributed by atoms with van der Waals surface area (Å²) in [6.45, 7) is 0. The van der Waals surface area contributed by atoms with Gasteiger partial charge in [0.25, 0.3) is 0 Å². The lowest BCUT2D eigenvalue weighted by molar-refractivity contribution is 0.700. The van der Waals surface area contributed by atoms with Crippen molar-refractivity contribution in [2.24, 2.45) is 0 Å². The van der Waals surface area contributed by atoms with E-state index in [4.69, 9.17) is 23.2 Å². The number of aromatic nitrogens is 2. The predicted octanol–water partition coefficient (Wildman–Crippen LogP) is 6.04. The molecule has 0 radical (unpaired) electrons. The van der Waals surface area contributed by atoms with E-state index in [1.165, 1.54) is 23.3 Å². The van der Waals surface area contributed by atoms with Gasteiger partial charge in [0.15, 0.2) is 0 Å². The topological polar surface area (TPSA) is 37.8 Å². The van der Waals surface area contributed by atoms with Gasteiger partial charge in [-0.25, -0.2) is 9.97 Å². The van der Waals surface area contributed by atoms with Crippen molar-refractivity contribution in [2.45, 2.75) is 25.7 Å². The molecule has 0 saturated carbocycles. The number of nitrogens with zero attached hydrogens (tertiary/aromatic N) is 2. The smallest absolute Gasteiger partial charge is 0.142 e. The van der Waals surface area contributed by atoms with Gasteiger partial charge in [-0.15, -0.1) is 23.7 Å². The summed E-state index contributed by atoms with van der Waals surface area (Å²) in [5.41, 5.74) is 2.25. The summed E-state index contributed by atoms with van der Waals surface area (Å²) < 4.78 is 0. The largest absolute Gasteiger partial charge is 0.339 e. The average Bonchev–Trinajstić information content (AvgIpc) is 2.85. The van der Waals surface area contributed by atoms with Gasteiger partial charge in [-0.3, -0.25) is 0 Å². The van der Waals surface area contributed by atoms with Crippen LogP contribution in [0.1, 0.15) is 23.3 Å². The molecule has 23 heavy (non-hydrogen) atoms. The molecule has 0 unspecified atom stereocenters. The van der Waals surface area contributed by atoms with Crippen LogP contribution >= 0.6 is 46.9 Å². The fourth-order valence-corrected chi connectivity index (χ4v) is 4.70. The minimum atomic E-state index is 0. The minimum Gasteiger partial charge on any atom is -0.339 e. The zero-order chi connectivity index (χ0) is 15.1. The Kier molecular flexibility index (Phi) is 4.97. The van der Waals surface area contributed by atoms with Crippen molar-refractivity contribution >= 4 is 68.7 Å². The van der Waals surface area contributed by atoms with Crippen LogP contribution in [-0.4, -0.2) is 9.97 Å². The molecular weight excluding hydrogens is 373 g/mol. The van der Waals surface area contributed by atoms with Crippen LogP contribution in [0, 0.1) is 0 Å². The maximum absolute atomic E-state index is 6.07. The number of fused-ring (bicyclic) bond motifs is 3. The third kappa shape index (κ3) is 3.26. The van der Waals surface area contributed by atoms with Crippen LogP contribution in [0.3, 0.4) is 0 Å². The number of nitrogens with one attached hydrogen (secondary N) is 1. The SMILES string of the molecule is Cl.Clc1cc(Cl)cc(Nc2ncnc3sc4c(c23)CCCC4)c1. The third-order valence-corrected chi connectivity index (χ3v) is 5.51. The second-order valence-corrected chi connectivity index (χ2v) is 7.35. The van der Waals surface area contributed by atoms with E-state index in [1.54, 1.807) is 23.7 Å². The van der Waals surface area contributed by atoms with Crippen molar-refractivity contribution < 1.29 is 0 Å². The van der Waals surface area contributed by atoms with Crippen LogP contribution in [0.2, 0.25) is 10.0 Å². The van der Waals surface area contributed by atoms with Crippen molar-refractivity contribution in [3.63, 3.8) is 0 Å². The highest BCUT2D eigenvalue weighted by Gasteiger charge is 2.19. The molecule has 3 aromatic rings. The van der Waals surface area contributed by atoms with Crippen LogP contribution in [0.4, 0.5) is 11.5 Å². The molecule has 0 saturated heterocycles. The molecular formula is C16H14Cl3N3S. The quantitative estimate of drug-likeness (QED) is 0.583. The highest BCUT2D eigenvalue weighted by molar-refractivity contribution is 7.19. The van der Waals surface area contributed by atoms with E-state index in [1.807, 2.05) is 12.1 Å². The molecule has 4 rings (SSSR count). The molecule has 0 atom stereocenters. The molecule has 1 aromatic carbocycles. The number of anilines is 2. The van der Waals surface area contributed by atoms with Gasteiger partial charge in [0, 0.05) is 20.6 Å². The number of benzene rings is 1. The van der Waals surface area contributed by atoms with E-state index < -0.39 is 0 Å². The molecule has 0 bridgehead atoms. The molecule has 1 aliphatic rings. The van der Waals surface area contributed by atoms with Crippen molar-refractivity contribution in [3.05, 3.63) is 45.0 Å². The van der Waals surface area contributed by atoms with E-state index in [0.29, 0.717) is 10.0 Å². The molecule has 0 amide bonds. The maximum Gasteiger partial charge on any atom is 0.142 e. The summed E-state index contributed by atoms with van der Waals surface area (Å²) >= 11 is 13.9. The van der Waals surface area contributed by atoms with Crippen molar-refractivity contribution in [3.8, 4) is 0 Å². The van der Waals surface area contributed by atoms with Gasteiger partial charge in [0.2, 0.25) is 0 Å². The highest BCUT2D eigenvalue weighted by atomic mass is 35.5. The van der Waals surface area contributed by atoms with Crippen LogP contribution in [0.5, 0.6) is 0 Å². The first-order chi connectivity index (χ1) is 10.7. The number of halogens is 3. The van der Waals surface area contributed by atoms with E-state index in [2.05, 4.69) is 15.3 Å². The van der Waals surface area contributed by atoms with Gasteiger partial charge in [0.05, 0.1) is 5.39 Å². The van der Waals surface area contributed by atoms with Gasteiger partial charge in [-0.1, -0.05) is 23.2 Å². The highest BCUT2D eigenvalue weighted by Crippen LogP contribution is 2.39. The summed E-state index contributed by atoms with van der Waals surface area (Å²) in [6.07, 6.45) is 6.36. The molecule has 120 valence electrons. The van der Waals surface area contributed by atoms with E-state index in [0.717, 1.165) is 34.6 Å². The number of aryl methyl sites for hydroxylation is 2. The van der Waals surface area contributed by atoms with Crippen LogP contribution in [0.25, 0.3) is 10.2 Å². The fourth-order valence-electron chi connectivity index (χ4n) is 2.95. The Morgan fingerprint density at radius 3 is 2.52 bits per heavy atom. The van der Waals surface area contributed by atoms with Crippen LogP contribution < -0.4 is 5.32 Å².